The van der Waals surface area contributed by atoms with Crippen molar-refractivity contribution in [1.29, 1.82) is 0 Å². The third-order valence-corrected chi connectivity index (χ3v) is 2.93. The molecule has 0 fully saturated rings. The molecule has 6 heteroatoms. The van der Waals surface area contributed by atoms with Crippen LogP contribution in [-0.2, 0) is 0 Å². The lowest BCUT2D eigenvalue weighted by Crippen LogP contribution is -2.23. The maximum absolute atomic E-state index is 13.4. The molecule has 1 unspecified atom stereocenters. The zero-order chi connectivity index (χ0) is 14.7. The second-order valence-electron chi connectivity index (χ2n) is 4.27. The Morgan fingerprint density at radius 3 is 2.45 bits per heavy atom. The number of hydrogen-bond donors (Lipinski definition) is 2. The van der Waals surface area contributed by atoms with Crippen molar-refractivity contribution in [2.75, 3.05) is 12.3 Å². The summed E-state index contributed by atoms with van der Waals surface area (Å²) in [4.78, 5) is 3.95. The third kappa shape index (κ3) is 2.75. The van der Waals surface area contributed by atoms with Gasteiger partial charge < -0.3 is 11.1 Å². The number of nitrogens with zero attached hydrogens (tertiary/aromatic N) is 1. The molecule has 1 aromatic heterocycles. The number of pyridine rings is 1. The highest BCUT2D eigenvalue weighted by molar-refractivity contribution is 5.45. The SMILES string of the molecule is CCNC(c1cc(F)c(F)c(F)c1)c1cccnc1N. The predicted octanol–water partition coefficient (Wildman–Crippen LogP) is 2.78. The minimum atomic E-state index is -1.48. The smallest absolute Gasteiger partial charge is 0.194 e. The summed E-state index contributed by atoms with van der Waals surface area (Å²) in [6, 6.07) is 4.73. The first kappa shape index (κ1) is 14.3. The Balaban J connectivity index is 2.52. The summed E-state index contributed by atoms with van der Waals surface area (Å²) in [5, 5.41) is 3.05. The molecule has 3 nitrogen and oxygen atoms in total. The standard InChI is InChI=1S/C14H14F3N3/c1-2-19-13(9-4-3-5-20-14(9)18)8-6-10(15)12(17)11(16)7-8/h3-7,13,19H,2H2,1H3,(H2,18,20). The Labute approximate surface area is 114 Å². The molecule has 0 aliphatic carbocycles. The van der Waals surface area contributed by atoms with Gasteiger partial charge in [-0.05, 0) is 30.3 Å². The van der Waals surface area contributed by atoms with Gasteiger partial charge >= 0.3 is 0 Å². The van der Waals surface area contributed by atoms with Gasteiger partial charge in [0.05, 0.1) is 6.04 Å². The van der Waals surface area contributed by atoms with Crippen molar-refractivity contribution in [3.8, 4) is 0 Å². The fraction of sp³-hybridized carbons (Fsp3) is 0.214. The van der Waals surface area contributed by atoms with Gasteiger partial charge in [-0.25, -0.2) is 18.2 Å². The van der Waals surface area contributed by atoms with Crippen LogP contribution in [0.1, 0.15) is 24.1 Å². The highest BCUT2D eigenvalue weighted by atomic mass is 19.2. The summed E-state index contributed by atoms with van der Waals surface area (Å²) in [6.07, 6.45) is 1.52. The van der Waals surface area contributed by atoms with Crippen LogP contribution in [0.25, 0.3) is 0 Å². The lowest BCUT2D eigenvalue weighted by Gasteiger charge is -2.20. The number of nitrogens with one attached hydrogen (secondary N) is 1. The summed E-state index contributed by atoms with van der Waals surface area (Å²) >= 11 is 0. The first-order valence-electron chi connectivity index (χ1n) is 6.12. The summed E-state index contributed by atoms with van der Waals surface area (Å²) < 4.78 is 39.8. The number of benzene rings is 1. The van der Waals surface area contributed by atoms with Crippen molar-refractivity contribution in [2.45, 2.75) is 13.0 Å². The molecule has 20 heavy (non-hydrogen) atoms. The Kier molecular flexibility index (Phi) is 4.24. The van der Waals surface area contributed by atoms with Crippen LogP contribution in [0.2, 0.25) is 0 Å². The van der Waals surface area contributed by atoms with Gasteiger partial charge in [-0.3, -0.25) is 0 Å². The maximum atomic E-state index is 13.4. The van der Waals surface area contributed by atoms with Crippen LogP contribution in [0.4, 0.5) is 19.0 Å². The fourth-order valence-corrected chi connectivity index (χ4v) is 2.03. The molecule has 0 saturated heterocycles. The van der Waals surface area contributed by atoms with Gasteiger partial charge in [-0.1, -0.05) is 13.0 Å². The molecule has 0 saturated carbocycles. The number of nitrogen functional groups attached to an aromatic ring is 1. The molecule has 0 bridgehead atoms. The molecule has 0 amide bonds. The molecule has 0 radical (unpaired) electrons. The van der Waals surface area contributed by atoms with E-state index >= 15 is 0 Å². The van der Waals surface area contributed by atoms with Crippen LogP contribution in [-0.4, -0.2) is 11.5 Å². The summed E-state index contributed by atoms with van der Waals surface area (Å²) in [5.74, 6) is -3.69. The molecule has 1 heterocycles. The monoisotopic (exact) mass is 281 g/mol. The van der Waals surface area contributed by atoms with Gasteiger partial charge in [0.2, 0.25) is 0 Å². The minimum Gasteiger partial charge on any atom is -0.383 e. The quantitative estimate of drug-likeness (QED) is 0.847. The van der Waals surface area contributed by atoms with E-state index in [0.717, 1.165) is 12.1 Å². The highest BCUT2D eigenvalue weighted by Crippen LogP contribution is 2.27. The molecular weight excluding hydrogens is 267 g/mol. The van der Waals surface area contributed by atoms with Crippen molar-refractivity contribution in [3.05, 3.63) is 59.0 Å². The zero-order valence-corrected chi connectivity index (χ0v) is 10.8. The number of hydrogen-bond acceptors (Lipinski definition) is 3. The van der Waals surface area contributed by atoms with Crippen molar-refractivity contribution < 1.29 is 13.2 Å². The van der Waals surface area contributed by atoms with E-state index in [1.165, 1.54) is 6.20 Å². The van der Waals surface area contributed by atoms with E-state index in [4.69, 9.17) is 5.73 Å². The van der Waals surface area contributed by atoms with Gasteiger partial charge in [0, 0.05) is 11.8 Å². The van der Waals surface area contributed by atoms with E-state index in [9.17, 15) is 13.2 Å². The number of nitrogens with two attached hydrogens (primary N) is 1. The molecule has 1 atom stereocenters. The molecule has 106 valence electrons. The molecule has 2 rings (SSSR count). The minimum absolute atomic E-state index is 0.253. The molecule has 3 N–H and O–H groups in total. The number of halogens is 3. The van der Waals surface area contributed by atoms with Gasteiger partial charge in [-0.2, -0.15) is 0 Å². The first-order valence-corrected chi connectivity index (χ1v) is 6.12. The number of rotatable bonds is 4. The van der Waals surface area contributed by atoms with Crippen molar-refractivity contribution in [1.82, 2.24) is 10.3 Å². The Morgan fingerprint density at radius 1 is 1.25 bits per heavy atom. The largest absolute Gasteiger partial charge is 0.383 e. The second-order valence-corrected chi connectivity index (χ2v) is 4.27. The summed E-state index contributed by atoms with van der Waals surface area (Å²) in [7, 11) is 0. The summed E-state index contributed by atoms with van der Waals surface area (Å²) in [6.45, 7) is 2.38. The van der Waals surface area contributed by atoms with E-state index < -0.39 is 23.5 Å². The van der Waals surface area contributed by atoms with Crippen LogP contribution >= 0.6 is 0 Å². The molecule has 1 aromatic carbocycles. The van der Waals surface area contributed by atoms with Gasteiger partial charge in [0.25, 0.3) is 0 Å². The number of anilines is 1. The van der Waals surface area contributed by atoms with Gasteiger partial charge in [0.1, 0.15) is 5.82 Å². The Hall–Kier alpha value is -2.08. The average Bonchev–Trinajstić information content (AvgIpc) is 2.43. The van der Waals surface area contributed by atoms with Crippen molar-refractivity contribution in [3.63, 3.8) is 0 Å². The molecule has 0 aliphatic heterocycles. The molecule has 2 aromatic rings. The van der Waals surface area contributed by atoms with Crippen LogP contribution in [0.5, 0.6) is 0 Å². The summed E-state index contributed by atoms with van der Waals surface area (Å²) in [5.41, 5.74) is 6.62. The van der Waals surface area contributed by atoms with Crippen LogP contribution in [0.15, 0.2) is 30.5 Å². The predicted molar refractivity (Wildman–Crippen MR) is 70.5 cm³/mol. The maximum Gasteiger partial charge on any atom is 0.194 e. The number of aromatic nitrogens is 1. The van der Waals surface area contributed by atoms with Gasteiger partial charge in [-0.15, -0.1) is 0 Å². The van der Waals surface area contributed by atoms with Crippen molar-refractivity contribution >= 4 is 5.82 Å². The molecule has 0 aliphatic rings. The van der Waals surface area contributed by atoms with Crippen LogP contribution < -0.4 is 11.1 Å². The van der Waals surface area contributed by atoms with E-state index in [1.54, 1.807) is 12.1 Å². The lowest BCUT2D eigenvalue weighted by atomic mass is 9.98. The topological polar surface area (TPSA) is 50.9 Å². The third-order valence-electron chi connectivity index (χ3n) is 2.93. The molecular formula is C14H14F3N3. The van der Waals surface area contributed by atoms with Gasteiger partial charge in [0.15, 0.2) is 17.5 Å². The van der Waals surface area contributed by atoms with E-state index in [0.29, 0.717) is 12.1 Å². The fourth-order valence-electron chi connectivity index (χ4n) is 2.03. The van der Waals surface area contributed by atoms with Crippen LogP contribution in [0, 0.1) is 17.5 Å². The van der Waals surface area contributed by atoms with E-state index in [1.807, 2.05) is 6.92 Å². The van der Waals surface area contributed by atoms with Crippen molar-refractivity contribution in [2.24, 2.45) is 0 Å². The van der Waals surface area contributed by atoms with E-state index in [2.05, 4.69) is 10.3 Å². The first-order chi connectivity index (χ1) is 9.54. The van der Waals surface area contributed by atoms with Crippen LogP contribution in [0.3, 0.4) is 0 Å². The normalized spacial score (nSPS) is 12.4. The second kappa shape index (κ2) is 5.92. The molecule has 0 spiro atoms. The lowest BCUT2D eigenvalue weighted by molar-refractivity contribution is 0.442. The zero-order valence-electron chi connectivity index (χ0n) is 10.8. The van der Waals surface area contributed by atoms with E-state index in [-0.39, 0.29) is 11.4 Å². The average molecular weight is 281 g/mol. The highest BCUT2D eigenvalue weighted by Gasteiger charge is 2.20. The Bertz CT molecular complexity index is 593. The Morgan fingerprint density at radius 2 is 1.90 bits per heavy atom.